The smallest absolute Gasteiger partial charge is 0.226 e. The number of ether oxygens (including phenoxy) is 1. The Morgan fingerprint density at radius 1 is 1.36 bits per heavy atom. The summed E-state index contributed by atoms with van der Waals surface area (Å²) >= 11 is 0. The predicted molar refractivity (Wildman–Crippen MR) is 92.6 cm³/mol. The average Bonchev–Trinajstić information content (AvgIpc) is 3.21. The second-order valence-electron chi connectivity index (χ2n) is 6.12. The fourth-order valence-electron chi connectivity index (χ4n) is 3.33. The van der Waals surface area contributed by atoms with Gasteiger partial charge in [0, 0.05) is 37.0 Å². The third-order valence-electron chi connectivity index (χ3n) is 4.57. The van der Waals surface area contributed by atoms with Gasteiger partial charge in [0.1, 0.15) is 17.4 Å². The molecule has 1 aliphatic rings. The highest BCUT2D eigenvalue weighted by Crippen LogP contribution is 2.36. The van der Waals surface area contributed by atoms with Gasteiger partial charge in [-0.15, -0.1) is 0 Å². The Morgan fingerprint density at radius 2 is 2.20 bits per heavy atom. The molecule has 0 radical (unpaired) electrons. The molecule has 1 aromatic carbocycles. The molecule has 2 aromatic heterocycles. The largest absolute Gasteiger partial charge is 0.496 e. The van der Waals surface area contributed by atoms with Crippen molar-refractivity contribution in [1.82, 2.24) is 19.3 Å². The molecular weight excluding hydrogens is 318 g/mol. The number of aromatic nitrogens is 4. The van der Waals surface area contributed by atoms with Gasteiger partial charge in [0.25, 0.3) is 0 Å². The number of aryl methyl sites for hydroxylation is 1. The van der Waals surface area contributed by atoms with Crippen LogP contribution >= 0.6 is 0 Å². The zero-order valence-electron chi connectivity index (χ0n) is 14.1. The van der Waals surface area contributed by atoms with Crippen LogP contribution in [0.15, 0.2) is 42.9 Å². The van der Waals surface area contributed by atoms with E-state index in [2.05, 4.69) is 15.4 Å². The summed E-state index contributed by atoms with van der Waals surface area (Å²) < 4.78 is 9.17. The first kappa shape index (κ1) is 15.4. The Morgan fingerprint density at radius 3 is 2.96 bits per heavy atom. The minimum absolute atomic E-state index is 0.0257. The number of carbonyl (C=O) groups excluding carboxylic acids is 1. The van der Waals surface area contributed by atoms with Gasteiger partial charge in [-0.05, 0) is 6.07 Å². The minimum Gasteiger partial charge on any atom is -0.496 e. The van der Waals surface area contributed by atoms with E-state index in [-0.39, 0.29) is 11.8 Å². The van der Waals surface area contributed by atoms with Crippen molar-refractivity contribution < 1.29 is 9.53 Å². The van der Waals surface area contributed by atoms with Gasteiger partial charge >= 0.3 is 0 Å². The molecule has 7 heteroatoms. The molecule has 128 valence electrons. The number of rotatable bonds is 4. The molecule has 1 amide bonds. The Labute approximate surface area is 145 Å². The van der Waals surface area contributed by atoms with Crippen LogP contribution in [0.1, 0.15) is 29.3 Å². The molecule has 0 saturated carbocycles. The van der Waals surface area contributed by atoms with Crippen LogP contribution in [0.25, 0.3) is 0 Å². The molecule has 4 rings (SSSR count). The van der Waals surface area contributed by atoms with E-state index in [0.29, 0.717) is 13.0 Å². The van der Waals surface area contributed by atoms with Crippen molar-refractivity contribution in [2.75, 3.05) is 12.4 Å². The third-order valence-corrected chi connectivity index (χ3v) is 4.57. The van der Waals surface area contributed by atoms with E-state index < -0.39 is 0 Å². The monoisotopic (exact) mass is 337 g/mol. The topological polar surface area (TPSA) is 74.0 Å². The van der Waals surface area contributed by atoms with E-state index in [9.17, 15) is 4.79 Å². The zero-order chi connectivity index (χ0) is 17.4. The molecule has 3 heterocycles. The summed E-state index contributed by atoms with van der Waals surface area (Å²) in [5, 5.41) is 7.46. The lowest BCUT2D eigenvalue weighted by atomic mass is 9.93. The molecule has 0 unspecified atom stereocenters. The van der Waals surface area contributed by atoms with Crippen LogP contribution in [0.3, 0.4) is 0 Å². The third kappa shape index (κ3) is 2.67. The van der Waals surface area contributed by atoms with Gasteiger partial charge in [-0.3, -0.25) is 4.79 Å². The van der Waals surface area contributed by atoms with Gasteiger partial charge in [0.05, 0.1) is 25.8 Å². The van der Waals surface area contributed by atoms with Crippen LogP contribution in [-0.2, 0) is 18.4 Å². The SMILES string of the molecule is COc1ccccc1Cn1ncc2c1NC(=O)C[C@@H]2c1nccn1C. The molecule has 0 saturated heterocycles. The molecule has 0 fully saturated rings. The Kier molecular flexibility index (Phi) is 3.76. The van der Waals surface area contributed by atoms with E-state index in [4.69, 9.17) is 4.74 Å². The van der Waals surface area contributed by atoms with Gasteiger partial charge in [0.2, 0.25) is 5.91 Å². The maximum atomic E-state index is 12.3. The molecule has 0 aliphatic carbocycles. The maximum Gasteiger partial charge on any atom is 0.226 e. The molecule has 0 spiro atoms. The number of nitrogens with zero attached hydrogens (tertiary/aromatic N) is 4. The van der Waals surface area contributed by atoms with Crippen molar-refractivity contribution in [3.63, 3.8) is 0 Å². The number of fused-ring (bicyclic) bond motifs is 1. The first-order valence-corrected chi connectivity index (χ1v) is 8.12. The fourth-order valence-corrected chi connectivity index (χ4v) is 3.33. The number of anilines is 1. The molecule has 1 atom stereocenters. The van der Waals surface area contributed by atoms with Crippen molar-refractivity contribution in [3.05, 3.63) is 59.8 Å². The summed E-state index contributed by atoms with van der Waals surface area (Å²) in [6, 6.07) is 7.80. The summed E-state index contributed by atoms with van der Waals surface area (Å²) in [5.74, 6) is 2.29. The maximum absolute atomic E-state index is 12.3. The van der Waals surface area contributed by atoms with Gasteiger partial charge in [0.15, 0.2) is 0 Å². The summed E-state index contributed by atoms with van der Waals surface area (Å²) in [4.78, 5) is 16.7. The number of methoxy groups -OCH3 is 1. The number of nitrogens with one attached hydrogen (secondary N) is 1. The van der Waals surface area contributed by atoms with Crippen LogP contribution < -0.4 is 10.1 Å². The summed E-state index contributed by atoms with van der Waals surface area (Å²) in [6.45, 7) is 0.521. The van der Waals surface area contributed by atoms with E-state index in [1.807, 2.05) is 48.3 Å². The minimum atomic E-state index is -0.0878. The molecule has 0 bridgehead atoms. The van der Waals surface area contributed by atoms with Crippen LogP contribution in [0.5, 0.6) is 5.75 Å². The number of hydrogen-bond acceptors (Lipinski definition) is 4. The van der Waals surface area contributed by atoms with E-state index in [1.54, 1.807) is 18.0 Å². The Bertz CT molecular complexity index is 927. The summed E-state index contributed by atoms with van der Waals surface area (Å²) in [6.07, 6.45) is 5.84. The van der Waals surface area contributed by atoms with Crippen LogP contribution in [-0.4, -0.2) is 32.3 Å². The number of amides is 1. The fraction of sp³-hybridized carbons (Fsp3) is 0.278. The molecule has 1 N–H and O–H groups in total. The molecule has 7 nitrogen and oxygen atoms in total. The quantitative estimate of drug-likeness (QED) is 0.792. The first-order chi connectivity index (χ1) is 12.2. The lowest BCUT2D eigenvalue weighted by molar-refractivity contribution is -0.116. The van der Waals surface area contributed by atoms with Crippen molar-refractivity contribution in [2.24, 2.45) is 7.05 Å². The van der Waals surface area contributed by atoms with Gasteiger partial charge in [-0.1, -0.05) is 18.2 Å². The zero-order valence-corrected chi connectivity index (χ0v) is 14.1. The van der Waals surface area contributed by atoms with Crippen LogP contribution in [0, 0.1) is 0 Å². The van der Waals surface area contributed by atoms with Gasteiger partial charge < -0.3 is 14.6 Å². The predicted octanol–water partition coefficient (Wildman–Crippen LogP) is 2.15. The molecule has 25 heavy (non-hydrogen) atoms. The van der Waals surface area contributed by atoms with Crippen molar-refractivity contribution in [3.8, 4) is 5.75 Å². The Hall–Kier alpha value is -3.09. The highest BCUT2D eigenvalue weighted by molar-refractivity contribution is 5.94. The van der Waals surface area contributed by atoms with E-state index >= 15 is 0 Å². The number of para-hydroxylation sites is 1. The number of carbonyl (C=O) groups is 1. The lowest BCUT2D eigenvalue weighted by Crippen LogP contribution is -2.26. The van der Waals surface area contributed by atoms with Crippen molar-refractivity contribution in [1.29, 1.82) is 0 Å². The highest BCUT2D eigenvalue weighted by Gasteiger charge is 2.32. The van der Waals surface area contributed by atoms with Crippen molar-refractivity contribution in [2.45, 2.75) is 18.9 Å². The summed E-state index contributed by atoms with van der Waals surface area (Å²) in [5.41, 5.74) is 1.99. The van der Waals surface area contributed by atoms with Gasteiger partial charge in [-0.2, -0.15) is 5.10 Å². The second kappa shape index (κ2) is 6.08. The molecule has 3 aromatic rings. The van der Waals surface area contributed by atoms with Crippen molar-refractivity contribution >= 4 is 11.7 Å². The molecular formula is C18H19N5O2. The lowest BCUT2D eigenvalue weighted by Gasteiger charge is -2.23. The first-order valence-electron chi connectivity index (χ1n) is 8.12. The standard InChI is InChI=1S/C18H19N5O2/c1-22-8-7-19-17(22)13-9-16(24)21-18-14(13)10-20-23(18)11-12-5-3-4-6-15(12)25-2/h3-8,10,13H,9,11H2,1-2H3,(H,21,24)/t13-/m0/s1. The van der Waals surface area contributed by atoms with Crippen LogP contribution in [0.4, 0.5) is 5.82 Å². The Balaban J connectivity index is 1.73. The number of imidazole rings is 1. The van der Waals surface area contributed by atoms with E-state index in [0.717, 1.165) is 28.5 Å². The van der Waals surface area contributed by atoms with Gasteiger partial charge in [-0.25, -0.2) is 9.67 Å². The number of benzene rings is 1. The second-order valence-corrected chi connectivity index (χ2v) is 6.12. The average molecular weight is 337 g/mol. The van der Waals surface area contributed by atoms with E-state index in [1.165, 1.54) is 0 Å². The molecule has 1 aliphatic heterocycles. The normalized spacial score (nSPS) is 16.4. The van der Waals surface area contributed by atoms with Crippen LogP contribution in [0.2, 0.25) is 0 Å². The number of hydrogen-bond donors (Lipinski definition) is 1. The highest BCUT2D eigenvalue weighted by atomic mass is 16.5. The summed E-state index contributed by atoms with van der Waals surface area (Å²) in [7, 11) is 3.59.